The summed E-state index contributed by atoms with van der Waals surface area (Å²) in [7, 11) is 0. The Balaban J connectivity index is 2.04. The molecule has 2 nitrogen and oxygen atoms in total. The van der Waals surface area contributed by atoms with Gasteiger partial charge in [-0.1, -0.05) is 6.92 Å². The minimum atomic E-state index is -4.30. The largest absolute Gasteiger partial charge is 0.416 e. The number of alkyl halides is 3. The summed E-state index contributed by atoms with van der Waals surface area (Å²) < 4.78 is 37.2. The summed E-state index contributed by atoms with van der Waals surface area (Å²) in [6.45, 7) is 2.79. The first-order chi connectivity index (χ1) is 7.39. The Kier molecular flexibility index (Phi) is 2.56. The first-order valence-corrected chi connectivity index (χ1v) is 5.16. The average molecular weight is 230 g/mol. The maximum absolute atomic E-state index is 12.4. The van der Waals surface area contributed by atoms with Gasteiger partial charge in [-0.05, 0) is 30.4 Å². The lowest BCUT2D eigenvalue weighted by Gasteiger charge is -2.12. The third kappa shape index (κ3) is 2.65. The van der Waals surface area contributed by atoms with E-state index in [4.69, 9.17) is 0 Å². The number of aromatic nitrogens is 1. The molecular weight excluding hydrogens is 217 g/mol. The number of hydrogen-bond donors (Lipinski definition) is 1. The van der Waals surface area contributed by atoms with Crippen molar-refractivity contribution in [1.82, 2.24) is 4.98 Å². The number of nitrogens with one attached hydrogen (secondary N) is 1. The molecule has 1 aromatic rings. The Morgan fingerprint density at radius 3 is 2.69 bits per heavy atom. The molecule has 1 N–H and O–H groups in total. The second-order valence-corrected chi connectivity index (χ2v) is 4.59. The molecule has 1 aliphatic rings. The van der Waals surface area contributed by atoms with E-state index in [1.54, 1.807) is 0 Å². The van der Waals surface area contributed by atoms with Gasteiger partial charge in [0.15, 0.2) is 0 Å². The third-order valence-electron chi connectivity index (χ3n) is 2.89. The maximum atomic E-state index is 12.4. The number of rotatable bonds is 3. The molecule has 1 aromatic heterocycles. The summed E-state index contributed by atoms with van der Waals surface area (Å²) in [5.74, 6) is 0.294. The second kappa shape index (κ2) is 3.64. The van der Waals surface area contributed by atoms with E-state index in [-0.39, 0.29) is 5.41 Å². The molecule has 0 saturated heterocycles. The molecule has 0 radical (unpaired) electrons. The van der Waals surface area contributed by atoms with Crippen molar-refractivity contribution in [3.05, 3.63) is 23.9 Å². The Morgan fingerprint density at radius 2 is 2.12 bits per heavy atom. The van der Waals surface area contributed by atoms with Crippen LogP contribution in [0.2, 0.25) is 0 Å². The topological polar surface area (TPSA) is 24.9 Å². The lowest BCUT2D eigenvalue weighted by atomic mass is 10.1. The molecule has 0 aliphatic heterocycles. The summed E-state index contributed by atoms with van der Waals surface area (Å²) in [5, 5.41) is 2.95. The van der Waals surface area contributed by atoms with Crippen LogP contribution in [0.5, 0.6) is 0 Å². The molecule has 16 heavy (non-hydrogen) atoms. The van der Waals surface area contributed by atoms with E-state index in [2.05, 4.69) is 17.2 Å². The van der Waals surface area contributed by atoms with Crippen LogP contribution in [0.15, 0.2) is 18.3 Å². The molecule has 1 aliphatic carbocycles. The van der Waals surface area contributed by atoms with Crippen molar-refractivity contribution < 1.29 is 13.2 Å². The van der Waals surface area contributed by atoms with Crippen molar-refractivity contribution in [2.75, 3.05) is 11.9 Å². The van der Waals surface area contributed by atoms with Gasteiger partial charge in [-0.2, -0.15) is 13.2 Å². The van der Waals surface area contributed by atoms with Gasteiger partial charge >= 0.3 is 6.18 Å². The monoisotopic (exact) mass is 230 g/mol. The SMILES string of the molecule is CC1(CNc2cc(C(F)(F)F)ccn2)CC1. The number of anilines is 1. The van der Waals surface area contributed by atoms with Gasteiger partial charge in [0.25, 0.3) is 0 Å². The number of halogens is 3. The quantitative estimate of drug-likeness (QED) is 0.861. The highest BCUT2D eigenvalue weighted by molar-refractivity contribution is 5.39. The van der Waals surface area contributed by atoms with E-state index in [1.807, 2.05) is 0 Å². The van der Waals surface area contributed by atoms with Crippen LogP contribution in [0.4, 0.5) is 19.0 Å². The van der Waals surface area contributed by atoms with Crippen LogP contribution >= 0.6 is 0 Å². The summed E-state index contributed by atoms with van der Waals surface area (Å²) in [6.07, 6.45) is -0.874. The predicted octanol–water partition coefficient (Wildman–Crippen LogP) is 3.31. The van der Waals surface area contributed by atoms with Gasteiger partial charge in [0, 0.05) is 12.7 Å². The van der Waals surface area contributed by atoms with E-state index in [0.717, 1.165) is 25.0 Å². The van der Waals surface area contributed by atoms with E-state index in [9.17, 15) is 13.2 Å². The van der Waals surface area contributed by atoms with Gasteiger partial charge in [-0.25, -0.2) is 4.98 Å². The second-order valence-electron chi connectivity index (χ2n) is 4.59. The van der Waals surface area contributed by atoms with Gasteiger partial charge < -0.3 is 5.32 Å². The zero-order chi connectivity index (χ0) is 11.8. The number of nitrogens with zero attached hydrogens (tertiary/aromatic N) is 1. The van der Waals surface area contributed by atoms with Crippen LogP contribution in [0.3, 0.4) is 0 Å². The Hall–Kier alpha value is -1.26. The van der Waals surface area contributed by atoms with Crippen LogP contribution in [-0.4, -0.2) is 11.5 Å². The van der Waals surface area contributed by atoms with Crippen molar-refractivity contribution in [2.24, 2.45) is 5.41 Å². The molecule has 1 heterocycles. The van der Waals surface area contributed by atoms with E-state index in [1.165, 1.54) is 6.20 Å². The molecule has 88 valence electrons. The molecular formula is C11H13F3N2. The highest BCUT2D eigenvalue weighted by Crippen LogP contribution is 2.44. The molecule has 0 spiro atoms. The van der Waals surface area contributed by atoms with Gasteiger partial charge in [0.1, 0.15) is 5.82 Å². The van der Waals surface area contributed by atoms with E-state index < -0.39 is 11.7 Å². The number of pyridine rings is 1. The van der Waals surface area contributed by atoms with Crippen LogP contribution in [0.25, 0.3) is 0 Å². The highest BCUT2D eigenvalue weighted by Gasteiger charge is 2.37. The first kappa shape index (κ1) is 11.2. The minimum absolute atomic E-state index is 0.246. The van der Waals surface area contributed by atoms with E-state index >= 15 is 0 Å². The van der Waals surface area contributed by atoms with Crippen molar-refractivity contribution in [2.45, 2.75) is 25.9 Å². The molecule has 1 saturated carbocycles. The molecule has 0 unspecified atom stereocenters. The van der Waals surface area contributed by atoms with Crippen LogP contribution in [0, 0.1) is 5.41 Å². The van der Waals surface area contributed by atoms with Crippen molar-refractivity contribution in [1.29, 1.82) is 0 Å². The van der Waals surface area contributed by atoms with E-state index in [0.29, 0.717) is 12.4 Å². The van der Waals surface area contributed by atoms with Gasteiger partial charge in [-0.15, -0.1) is 0 Å². The molecule has 2 rings (SSSR count). The highest BCUT2D eigenvalue weighted by atomic mass is 19.4. The van der Waals surface area contributed by atoms with Crippen LogP contribution in [-0.2, 0) is 6.18 Å². The van der Waals surface area contributed by atoms with Gasteiger partial charge in [-0.3, -0.25) is 0 Å². The third-order valence-corrected chi connectivity index (χ3v) is 2.89. The van der Waals surface area contributed by atoms with Crippen molar-refractivity contribution >= 4 is 5.82 Å². The number of hydrogen-bond acceptors (Lipinski definition) is 2. The van der Waals surface area contributed by atoms with Crippen LogP contribution < -0.4 is 5.32 Å². The normalized spacial score (nSPS) is 18.2. The first-order valence-electron chi connectivity index (χ1n) is 5.16. The molecule has 0 amide bonds. The molecule has 0 bridgehead atoms. The lowest BCUT2D eigenvalue weighted by molar-refractivity contribution is -0.137. The molecule has 5 heteroatoms. The Morgan fingerprint density at radius 1 is 1.44 bits per heavy atom. The summed E-state index contributed by atoms with van der Waals surface area (Å²) in [4.78, 5) is 3.87. The van der Waals surface area contributed by atoms with Gasteiger partial charge in [0.05, 0.1) is 5.56 Å². The predicted molar refractivity (Wildman–Crippen MR) is 55.1 cm³/mol. The average Bonchev–Trinajstić information content (AvgIpc) is 2.94. The van der Waals surface area contributed by atoms with Crippen molar-refractivity contribution in [3.63, 3.8) is 0 Å². The summed E-state index contributed by atoms with van der Waals surface area (Å²) >= 11 is 0. The summed E-state index contributed by atoms with van der Waals surface area (Å²) in [5.41, 5.74) is -0.415. The van der Waals surface area contributed by atoms with Crippen molar-refractivity contribution in [3.8, 4) is 0 Å². The molecule has 0 atom stereocenters. The fraction of sp³-hybridized carbons (Fsp3) is 0.545. The lowest BCUT2D eigenvalue weighted by Crippen LogP contribution is -2.13. The maximum Gasteiger partial charge on any atom is 0.416 e. The smallest absolute Gasteiger partial charge is 0.370 e. The molecule has 0 aromatic carbocycles. The zero-order valence-electron chi connectivity index (χ0n) is 8.93. The zero-order valence-corrected chi connectivity index (χ0v) is 8.93. The minimum Gasteiger partial charge on any atom is -0.370 e. The fourth-order valence-electron chi connectivity index (χ4n) is 1.40. The Bertz CT molecular complexity index is 383. The van der Waals surface area contributed by atoms with Crippen LogP contribution in [0.1, 0.15) is 25.3 Å². The Labute approximate surface area is 91.9 Å². The standard InChI is InChI=1S/C11H13F3N2/c1-10(3-4-10)7-16-9-6-8(2-5-15-9)11(12,13)14/h2,5-6H,3-4,7H2,1H3,(H,15,16). The van der Waals surface area contributed by atoms with Gasteiger partial charge in [0.2, 0.25) is 0 Å². The molecule has 1 fully saturated rings. The fourth-order valence-corrected chi connectivity index (χ4v) is 1.40. The summed E-state index contributed by atoms with van der Waals surface area (Å²) in [6, 6.07) is 2.02.